The highest BCUT2D eigenvalue weighted by Gasteiger charge is 2.28. The third-order valence-electron chi connectivity index (χ3n) is 9.47. The van der Waals surface area contributed by atoms with Gasteiger partial charge in [-0.15, -0.1) is 22.7 Å². The fourth-order valence-corrected chi connectivity index (χ4v) is 7.86. The van der Waals surface area contributed by atoms with E-state index in [2.05, 4.69) is 39.8 Å². The van der Waals surface area contributed by atoms with Crippen molar-refractivity contribution in [2.45, 2.75) is 96.0 Å². The molecule has 12 nitrogen and oxygen atoms in total. The zero-order chi connectivity index (χ0) is 39.0. The molecule has 3 N–H and O–H groups in total. The van der Waals surface area contributed by atoms with Crippen molar-refractivity contribution in [1.29, 1.82) is 0 Å². The number of carbonyl (C=O) groups excluding carboxylic acids is 4. The molecule has 3 atom stereocenters. The van der Waals surface area contributed by atoms with E-state index >= 15 is 0 Å². The van der Waals surface area contributed by atoms with Crippen molar-refractivity contribution in [3.8, 4) is 0 Å². The standard InChI is InChI=1S/C41H53N7O5S2/c1-29(2)40-45-34(27-54-40)24-47(3)41(52)46-36(18-20-48-19-10-15-38(48)50)39(51)44-33(22-31-13-8-5-9-14-31)17-16-32(21-30-11-6-4-7-12-30)43-37(49)26-53-25-35-23-42-28-55-35/h4-9,11-14,23,27-29,32-33,36H,10,15-22,24-26H2,1-3H3,(H,43,49)(H,44,51)(H,46,52)/t32-,33-,36-/m0/s1. The first-order chi connectivity index (χ1) is 26.6. The molecule has 2 aromatic heterocycles. The number of amides is 5. The molecule has 5 amide bonds. The highest BCUT2D eigenvalue weighted by molar-refractivity contribution is 7.09. The van der Waals surface area contributed by atoms with Gasteiger partial charge in [0.1, 0.15) is 12.6 Å². The lowest BCUT2D eigenvalue weighted by atomic mass is 9.95. The number of hydrogen-bond acceptors (Lipinski definition) is 9. The van der Waals surface area contributed by atoms with Gasteiger partial charge in [0.15, 0.2) is 0 Å². The van der Waals surface area contributed by atoms with Crippen LogP contribution in [0.2, 0.25) is 0 Å². The van der Waals surface area contributed by atoms with Crippen molar-refractivity contribution in [3.05, 3.63) is 104 Å². The van der Waals surface area contributed by atoms with Crippen LogP contribution in [0, 0.1) is 0 Å². The molecule has 4 aromatic rings. The maximum Gasteiger partial charge on any atom is 0.318 e. The third-order valence-corrected chi connectivity index (χ3v) is 11.4. The second-order valence-electron chi connectivity index (χ2n) is 14.4. The van der Waals surface area contributed by atoms with Crippen molar-refractivity contribution in [3.63, 3.8) is 0 Å². The lowest BCUT2D eigenvalue weighted by molar-refractivity contribution is -0.129. The Kier molecular flexibility index (Phi) is 16.2. The average molecular weight is 788 g/mol. The van der Waals surface area contributed by atoms with Gasteiger partial charge in [-0.3, -0.25) is 19.4 Å². The number of carbonyl (C=O) groups is 4. The summed E-state index contributed by atoms with van der Waals surface area (Å²) in [5.41, 5.74) is 4.67. The molecular weight excluding hydrogens is 735 g/mol. The highest BCUT2D eigenvalue weighted by atomic mass is 32.1. The number of nitrogens with zero attached hydrogens (tertiary/aromatic N) is 4. The van der Waals surface area contributed by atoms with Crippen molar-refractivity contribution < 1.29 is 23.9 Å². The SMILES string of the molecule is CC(C)c1nc(CN(C)C(=O)N[C@@H](CCN2CCCC2=O)C(=O)N[C@@H](CC[C@@H](Cc2ccccc2)NC(=O)COCc2cncs2)Cc2ccccc2)cs1. The number of benzene rings is 2. The molecule has 294 valence electrons. The number of hydrogen-bond donors (Lipinski definition) is 3. The van der Waals surface area contributed by atoms with Gasteiger partial charge in [0, 0.05) is 56.1 Å². The topological polar surface area (TPSA) is 146 Å². The quantitative estimate of drug-likeness (QED) is 0.0983. The first kappa shape index (κ1) is 41.5. The van der Waals surface area contributed by atoms with Crippen LogP contribution in [0.4, 0.5) is 4.79 Å². The predicted octanol–water partition coefficient (Wildman–Crippen LogP) is 5.70. The van der Waals surface area contributed by atoms with Crippen LogP contribution in [0.25, 0.3) is 0 Å². The zero-order valence-electron chi connectivity index (χ0n) is 31.9. The molecule has 0 bridgehead atoms. The monoisotopic (exact) mass is 787 g/mol. The van der Waals surface area contributed by atoms with Crippen LogP contribution in [0.1, 0.15) is 78.6 Å². The summed E-state index contributed by atoms with van der Waals surface area (Å²) in [6, 6.07) is 18.2. The summed E-state index contributed by atoms with van der Waals surface area (Å²) in [5.74, 6) is -0.170. The molecule has 1 fully saturated rings. The second kappa shape index (κ2) is 21.4. The molecule has 55 heavy (non-hydrogen) atoms. The molecule has 0 unspecified atom stereocenters. The van der Waals surface area contributed by atoms with Gasteiger partial charge >= 0.3 is 6.03 Å². The Morgan fingerprint density at radius 1 is 0.909 bits per heavy atom. The number of likely N-dealkylation sites (tertiary alicyclic amines) is 1. The highest BCUT2D eigenvalue weighted by Crippen LogP contribution is 2.20. The Morgan fingerprint density at radius 2 is 1.58 bits per heavy atom. The zero-order valence-corrected chi connectivity index (χ0v) is 33.6. The van der Waals surface area contributed by atoms with E-state index < -0.39 is 12.1 Å². The minimum absolute atomic E-state index is 0.0643. The maximum absolute atomic E-state index is 14.2. The summed E-state index contributed by atoms with van der Waals surface area (Å²) in [7, 11) is 1.69. The summed E-state index contributed by atoms with van der Waals surface area (Å²) in [5, 5.41) is 12.4. The molecule has 0 spiro atoms. The fourth-order valence-electron chi connectivity index (χ4n) is 6.51. The van der Waals surface area contributed by atoms with E-state index in [-0.39, 0.29) is 42.8 Å². The van der Waals surface area contributed by atoms with Crippen LogP contribution >= 0.6 is 22.7 Å². The number of thiazole rings is 2. The van der Waals surface area contributed by atoms with Gasteiger partial charge < -0.3 is 30.5 Å². The molecule has 3 heterocycles. The van der Waals surface area contributed by atoms with Crippen LogP contribution in [0.15, 0.2) is 77.8 Å². The van der Waals surface area contributed by atoms with Crippen molar-refractivity contribution >= 4 is 46.4 Å². The maximum atomic E-state index is 14.2. The molecule has 1 aliphatic rings. The van der Waals surface area contributed by atoms with Crippen molar-refractivity contribution in [2.24, 2.45) is 0 Å². The van der Waals surface area contributed by atoms with Gasteiger partial charge in [-0.25, -0.2) is 9.78 Å². The van der Waals surface area contributed by atoms with Crippen LogP contribution in [-0.4, -0.2) is 88.4 Å². The molecule has 2 aromatic carbocycles. The summed E-state index contributed by atoms with van der Waals surface area (Å²) in [6.45, 7) is 5.71. The first-order valence-electron chi connectivity index (χ1n) is 19.0. The van der Waals surface area contributed by atoms with Gasteiger partial charge in [0.2, 0.25) is 17.7 Å². The molecular formula is C41H53N7O5S2. The van der Waals surface area contributed by atoms with Crippen molar-refractivity contribution in [1.82, 2.24) is 35.7 Å². The fraction of sp³-hybridized carbons (Fsp3) is 0.463. The van der Waals surface area contributed by atoms with Crippen LogP contribution in [0.3, 0.4) is 0 Å². The smallest absolute Gasteiger partial charge is 0.318 e. The van der Waals surface area contributed by atoms with Gasteiger partial charge in [0.05, 0.1) is 34.2 Å². The number of aromatic nitrogens is 2. The summed E-state index contributed by atoms with van der Waals surface area (Å²) < 4.78 is 5.67. The molecule has 0 radical (unpaired) electrons. The van der Waals surface area contributed by atoms with E-state index in [1.165, 1.54) is 16.2 Å². The largest absolute Gasteiger partial charge is 0.366 e. The van der Waals surface area contributed by atoms with Crippen LogP contribution in [0.5, 0.6) is 0 Å². The van der Waals surface area contributed by atoms with Crippen LogP contribution < -0.4 is 16.0 Å². The Labute approximate surface area is 332 Å². The van der Waals surface area contributed by atoms with E-state index in [1.807, 2.05) is 66.0 Å². The Bertz CT molecular complexity index is 1790. The molecule has 0 aliphatic carbocycles. The lowest BCUT2D eigenvalue weighted by Crippen LogP contribution is -2.53. The number of ether oxygens (including phenoxy) is 1. The minimum Gasteiger partial charge on any atom is -0.366 e. The van der Waals surface area contributed by atoms with Gasteiger partial charge in [-0.2, -0.15) is 0 Å². The third kappa shape index (κ3) is 13.9. The normalized spacial score (nSPS) is 14.4. The number of urea groups is 1. The lowest BCUT2D eigenvalue weighted by Gasteiger charge is -2.28. The van der Waals surface area contributed by atoms with Crippen molar-refractivity contribution in [2.75, 3.05) is 26.7 Å². The van der Waals surface area contributed by atoms with E-state index in [0.29, 0.717) is 64.3 Å². The first-order valence-corrected chi connectivity index (χ1v) is 20.7. The van der Waals surface area contributed by atoms with Gasteiger partial charge in [-0.1, -0.05) is 74.5 Å². The molecule has 1 aliphatic heterocycles. The van der Waals surface area contributed by atoms with E-state index in [1.54, 1.807) is 35.0 Å². The molecule has 5 rings (SSSR count). The van der Waals surface area contributed by atoms with Gasteiger partial charge in [0.25, 0.3) is 0 Å². The van der Waals surface area contributed by atoms with E-state index in [9.17, 15) is 19.2 Å². The Balaban J connectivity index is 1.27. The van der Waals surface area contributed by atoms with Gasteiger partial charge in [-0.05, 0) is 49.7 Å². The predicted molar refractivity (Wildman–Crippen MR) is 216 cm³/mol. The Hall–Kier alpha value is -4.66. The molecule has 1 saturated heterocycles. The Morgan fingerprint density at radius 3 is 2.16 bits per heavy atom. The van der Waals surface area contributed by atoms with Crippen LogP contribution in [-0.2, 0) is 45.1 Å². The summed E-state index contributed by atoms with van der Waals surface area (Å²) >= 11 is 3.05. The number of nitrogens with one attached hydrogen (secondary N) is 3. The molecule has 0 saturated carbocycles. The minimum atomic E-state index is -0.876. The summed E-state index contributed by atoms with van der Waals surface area (Å²) in [4.78, 5) is 66.3. The van der Waals surface area contributed by atoms with E-state index in [0.717, 1.165) is 33.1 Å². The number of rotatable bonds is 21. The summed E-state index contributed by atoms with van der Waals surface area (Å²) in [6.07, 6.45) is 5.60. The second-order valence-corrected chi connectivity index (χ2v) is 16.2. The molecule has 14 heteroatoms. The average Bonchev–Trinajstić information content (AvgIpc) is 3.96. The van der Waals surface area contributed by atoms with E-state index in [4.69, 9.17) is 4.74 Å².